The lowest BCUT2D eigenvalue weighted by molar-refractivity contribution is 0.728. The van der Waals surface area contributed by atoms with Crippen molar-refractivity contribution < 1.29 is 0 Å². The minimum Gasteiger partial charge on any atom is -0.376 e. The molecule has 1 N–H and O–H groups in total. The quantitative estimate of drug-likeness (QED) is 0.792. The Balaban J connectivity index is 1.88. The van der Waals surface area contributed by atoms with Crippen LogP contribution in [0.25, 0.3) is 11.0 Å². The standard InChI is InChI=1S/C17H20N4/c1-4-21-16-8-6-5-7-15(16)20-17(21)11-18-14-10-9-12(2)19-13(14)3/h5-10,18H,4,11H2,1-3H3. The second-order valence-corrected chi connectivity index (χ2v) is 5.20. The number of imidazole rings is 1. The van der Waals surface area contributed by atoms with Crippen LogP contribution in [-0.2, 0) is 13.1 Å². The number of para-hydroxylation sites is 2. The number of aryl methyl sites for hydroxylation is 3. The van der Waals surface area contributed by atoms with Crippen LogP contribution in [0.15, 0.2) is 36.4 Å². The maximum atomic E-state index is 4.73. The Morgan fingerprint density at radius 3 is 2.62 bits per heavy atom. The van der Waals surface area contributed by atoms with Crippen LogP contribution in [0.5, 0.6) is 0 Å². The highest BCUT2D eigenvalue weighted by molar-refractivity contribution is 5.76. The van der Waals surface area contributed by atoms with Crippen LogP contribution in [0.4, 0.5) is 5.69 Å². The van der Waals surface area contributed by atoms with E-state index in [1.165, 1.54) is 5.52 Å². The van der Waals surface area contributed by atoms with E-state index in [1.807, 2.05) is 26.0 Å². The van der Waals surface area contributed by atoms with Crippen molar-refractivity contribution in [1.82, 2.24) is 14.5 Å². The average Bonchev–Trinajstić information content (AvgIpc) is 2.83. The summed E-state index contributed by atoms with van der Waals surface area (Å²) in [5.41, 5.74) is 5.37. The van der Waals surface area contributed by atoms with Crippen LogP contribution in [0.3, 0.4) is 0 Å². The molecule has 0 aliphatic heterocycles. The molecule has 0 radical (unpaired) electrons. The molecule has 0 fully saturated rings. The molecule has 21 heavy (non-hydrogen) atoms. The summed E-state index contributed by atoms with van der Waals surface area (Å²) in [6.45, 7) is 7.80. The van der Waals surface area contributed by atoms with Gasteiger partial charge in [-0.15, -0.1) is 0 Å². The summed E-state index contributed by atoms with van der Waals surface area (Å²) in [6.07, 6.45) is 0. The molecule has 0 spiro atoms. The summed E-state index contributed by atoms with van der Waals surface area (Å²) in [5.74, 6) is 1.05. The molecule has 0 saturated heterocycles. The van der Waals surface area contributed by atoms with Crippen molar-refractivity contribution in [3.8, 4) is 0 Å². The first-order chi connectivity index (χ1) is 10.2. The lowest BCUT2D eigenvalue weighted by atomic mass is 10.2. The maximum absolute atomic E-state index is 4.73. The summed E-state index contributed by atoms with van der Waals surface area (Å²) in [5, 5.41) is 3.45. The second-order valence-electron chi connectivity index (χ2n) is 5.20. The Labute approximate surface area is 124 Å². The van der Waals surface area contributed by atoms with E-state index < -0.39 is 0 Å². The molecule has 0 aliphatic carbocycles. The van der Waals surface area contributed by atoms with Gasteiger partial charge in [-0.05, 0) is 45.0 Å². The first-order valence-electron chi connectivity index (χ1n) is 7.31. The Morgan fingerprint density at radius 1 is 1.05 bits per heavy atom. The molecular formula is C17H20N4. The van der Waals surface area contributed by atoms with Gasteiger partial charge in [0.1, 0.15) is 5.82 Å². The van der Waals surface area contributed by atoms with E-state index >= 15 is 0 Å². The van der Waals surface area contributed by atoms with Crippen LogP contribution >= 0.6 is 0 Å². The summed E-state index contributed by atoms with van der Waals surface area (Å²) < 4.78 is 2.25. The molecule has 2 aromatic heterocycles. The minimum absolute atomic E-state index is 0.702. The molecule has 1 aromatic carbocycles. The molecule has 108 valence electrons. The first-order valence-corrected chi connectivity index (χ1v) is 7.31. The fraction of sp³-hybridized carbons (Fsp3) is 0.294. The minimum atomic E-state index is 0.702. The summed E-state index contributed by atoms with van der Waals surface area (Å²) in [6, 6.07) is 12.4. The highest BCUT2D eigenvalue weighted by Crippen LogP contribution is 2.18. The van der Waals surface area contributed by atoms with Gasteiger partial charge in [0.25, 0.3) is 0 Å². The van der Waals surface area contributed by atoms with Crippen molar-refractivity contribution in [3.63, 3.8) is 0 Å². The molecule has 0 bridgehead atoms. The number of pyridine rings is 1. The topological polar surface area (TPSA) is 42.7 Å². The Bertz CT molecular complexity index is 774. The monoisotopic (exact) mass is 280 g/mol. The van der Waals surface area contributed by atoms with Gasteiger partial charge in [0, 0.05) is 12.2 Å². The smallest absolute Gasteiger partial charge is 0.129 e. The third-order valence-corrected chi connectivity index (χ3v) is 3.71. The fourth-order valence-electron chi connectivity index (χ4n) is 2.66. The van der Waals surface area contributed by atoms with E-state index in [2.05, 4.69) is 46.1 Å². The zero-order valence-electron chi connectivity index (χ0n) is 12.7. The molecule has 0 unspecified atom stereocenters. The van der Waals surface area contributed by atoms with Crippen molar-refractivity contribution in [3.05, 3.63) is 53.6 Å². The van der Waals surface area contributed by atoms with Gasteiger partial charge in [-0.3, -0.25) is 4.98 Å². The molecular weight excluding hydrogens is 260 g/mol. The third kappa shape index (κ3) is 2.61. The molecule has 2 heterocycles. The third-order valence-electron chi connectivity index (χ3n) is 3.71. The van der Waals surface area contributed by atoms with Crippen molar-refractivity contribution in [2.24, 2.45) is 0 Å². The first kappa shape index (κ1) is 13.6. The number of hydrogen-bond acceptors (Lipinski definition) is 3. The van der Waals surface area contributed by atoms with Gasteiger partial charge >= 0.3 is 0 Å². The number of nitrogens with zero attached hydrogens (tertiary/aromatic N) is 3. The van der Waals surface area contributed by atoms with Gasteiger partial charge in [0.15, 0.2) is 0 Å². The number of hydrogen-bond donors (Lipinski definition) is 1. The molecule has 0 amide bonds. The predicted molar refractivity (Wildman–Crippen MR) is 86.4 cm³/mol. The lowest BCUT2D eigenvalue weighted by Gasteiger charge is -2.10. The van der Waals surface area contributed by atoms with Gasteiger partial charge in [-0.1, -0.05) is 12.1 Å². The molecule has 0 saturated carbocycles. The van der Waals surface area contributed by atoms with Crippen LogP contribution in [0, 0.1) is 13.8 Å². The molecule has 0 atom stereocenters. The molecule has 4 heteroatoms. The largest absolute Gasteiger partial charge is 0.376 e. The van der Waals surface area contributed by atoms with Gasteiger partial charge in [0.2, 0.25) is 0 Å². The second kappa shape index (κ2) is 5.56. The number of benzene rings is 1. The van der Waals surface area contributed by atoms with E-state index in [1.54, 1.807) is 0 Å². The fourth-order valence-corrected chi connectivity index (χ4v) is 2.66. The Morgan fingerprint density at radius 2 is 1.86 bits per heavy atom. The van der Waals surface area contributed by atoms with Crippen LogP contribution in [0.2, 0.25) is 0 Å². The highest BCUT2D eigenvalue weighted by Gasteiger charge is 2.09. The van der Waals surface area contributed by atoms with Gasteiger partial charge in [0.05, 0.1) is 29.0 Å². The summed E-state index contributed by atoms with van der Waals surface area (Å²) >= 11 is 0. The summed E-state index contributed by atoms with van der Waals surface area (Å²) in [7, 11) is 0. The lowest BCUT2D eigenvalue weighted by Crippen LogP contribution is -2.09. The SMILES string of the molecule is CCn1c(CNc2ccc(C)nc2C)nc2ccccc21. The predicted octanol–water partition coefficient (Wildman–Crippen LogP) is 3.68. The van der Waals surface area contributed by atoms with E-state index in [0.717, 1.165) is 35.0 Å². The number of anilines is 1. The average molecular weight is 280 g/mol. The van der Waals surface area contributed by atoms with E-state index in [9.17, 15) is 0 Å². The summed E-state index contributed by atoms with van der Waals surface area (Å²) in [4.78, 5) is 9.21. The Hall–Kier alpha value is -2.36. The van der Waals surface area contributed by atoms with Crippen LogP contribution in [0.1, 0.15) is 24.1 Å². The number of rotatable bonds is 4. The highest BCUT2D eigenvalue weighted by atomic mass is 15.1. The van der Waals surface area contributed by atoms with Crippen molar-refractivity contribution in [2.75, 3.05) is 5.32 Å². The van der Waals surface area contributed by atoms with Crippen LogP contribution in [-0.4, -0.2) is 14.5 Å². The molecule has 3 aromatic rings. The maximum Gasteiger partial charge on any atom is 0.129 e. The molecule has 4 nitrogen and oxygen atoms in total. The normalized spacial score (nSPS) is 11.0. The zero-order valence-corrected chi connectivity index (χ0v) is 12.7. The van der Waals surface area contributed by atoms with E-state index in [0.29, 0.717) is 6.54 Å². The zero-order chi connectivity index (χ0) is 14.8. The van der Waals surface area contributed by atoms with Gasteiger partial charge < -0.3 is 9.88 Å². The molecule has 3 rings (SSSR count). The van der Waals surface area contributed by atoms with Crippen LogP contribution < -0.4 is 5.32 Å². The van der Waals surface area contributed by atoms with Crippen molar-refractivity contribution >= 4 is 16.7 Å². The van der Waals surface area contributed by atoms with Crippen molar-refractivity contribution in [1.29, 1.82) is 0 Å². The van der Waals surface area contributed by atoms with Crippen molar-refractivity contribution in [2.45, 2.75) is 33.9 Å². The Kier molecular flexibility index (Phi) is 3.60. The van der Waals surface area contributed by atoms with E-state index in [-0.39, 0.29) is 0 Å². The number of fused-ring (bicyclic) bond motifs is 1. The van der Waals surface area contributed by atoms with Gasteiger partial charge in [-0.2, -0.15) is 0 Å². The van der Waals surface area contributed by atoms with E-state index in [4.69, 9.17) is 4.98 Å². The number of nitrogens with one attached hydrogen (secondary N) is 1. The number of aromatic nitrogens is 3. The molecule has 0 aliphatic rings. The van der Waals surface area contributed by atoms with Gasteiger partial charge in [-0.25, -0.2) is 4.98 Å².